The minimum Gasteiger partial charge on any atom is -0.395 e. The van der Waals surface area contributed by atoms with Gasteiger partial charge in [-0.3, -0.25) is 0 Å². The third-order valence-corrected chi connectivity index (χ3v) is 4.61. The SMILES string of the molecule is CCCN(CCO)S(=O)(=O)c1ccccc1C#CCN. The molecule has 0 bridgehead atoms. The zero-order valence-corrected chi connectivity index (χ0v) is 12.4. The fraction of sp³-hybridized carbons (Fsp3) is 0.429. The third kappa shape index (κ3) is 4.05. The second-order valence-corrected chi connectivity index (χ2v) is 6.04. The van der Waals surface area contributed by atoms with Gasteiger partial charge in [-0.15, -0.1) is 0 Å². The molecule has 0 aliphatic heterocycles. The lowest BCUT2D eigenvalue weighted by Gasteiger charge is -2.21. The van der Waals surface area contributed by atoms with Crippen LogP contribution in [0, 0.1) is 11.8 Å². The third-order valence-electron chi connectivity index (χ3n) is 2.65. The number of sulfonamides is 1. The summed E-state index contributed by atoms with van der Waals surface area (Å²) in [6.07, 6.45) is 0.676. The van der Waals surface area contributed by atoms with E-state index in [0.717, 1.165) is 0 Å². The number of nitrogens with zero attached hydrogens (tertiary/aromatic N) is 1. The molecule has 0 aliphatic carbocycles. The molecule has 0 saturated heterocycles. The molecule has 110 valence electrons. The second-order valence-electron chi connectivity index (χ2n) is 4.13. The fourth-order valence-electron chi connectivity index (χ4n) is 1.79. The zero-order chi connectivity index (χ0) is 15.0. The van der Waals surface area contributed by atoms with Gasteiger partial charge in [0.2, 0.25) is 10.0 Å². The average Bonchev–Trinajstić information content (AvgIpc) is 2.45. The largest absolute Gasteiger partial charge is 0.395 e. The first-order valence-corrected chi connectivity index (χ1v) is 7.91. The zero-order valence-electron chi connectivity index (χ0n) is 11.5. The molecule has 0 fully saturated rings. The summed E-state index contributed by atoms with van der Waals surface area (Å²) in [5, 5.41) is 9.03. The van der Waals surface area contributed by atoms with Crippen molar-refractivity contribution in [2.45, 2.75) is 18.2 Å². The van der Waals surface area contributed by atoms with Crippen molar-refractivity contribution in [3.63, 3.8) is 0 Å². The van der Waals surface area contributed by atoms with Crippen molar-refractivity contribution >= 4 is 10.0 Å². The first-order valence-electron chi connectivity index (χ1n) is 6.46. The highest BCUT2D eigenvalue weighted by Gasteiger charge is 2.25. The number of rotatable bonds is 6. The number of nitrogens with two attached hydrogens (primary N) is 1. The molecule has 3 N–H and O–H groups in total. The van der Waals surface area contributed by atoms with E-state index >= 15 is 0 Å². The highest BCUT2D eigenvalue weighted by atomic mass is 32.2. The minimum absolute atomic E-state index is 0.0782. The molecule has 6 heteroatoms. The molecule has 0 aromatic heterocycles. The lowest BCUT2D eigenvalue weighted by molar-refractivity contribution is 0.253. The molecule has 0 saturated carbocycles. The van der Waals surface area contributed by atoms with Gasteiger partial charge in [-0.25, -0.2) is 8.42 Å². The van der Waals surface area contributed by atoms with E-state index in [1.54, 1.807) is 18.2 Å². The topological polar surface area (TPSA) is 83.6 Å². The number of aliphatic hydroxyl groups excluding tert-OH is 1. The van der Waals surface area contributed by atoms with E-state index in [-0.39, 0.29) is 24.6 Å². The molecule has 1 rings (SSSR count). The predicted molar refractivity (Wildman–Crippen MR) is 78.5 cm³/mol. The van der Waals surface area contributed by atoms with Crippen LogP contribution in [-0.4, -0.2) is 44.1 Å². The first-order chi connectivity index (χ1) is 9.57. The van der Waals surface area contributed by atoms with E-state index < -0.39 is 10.0 Å². The minimum atomic E-state index is -3.66. The van der Waals surface area contributed by atoms with E-state index in [9.17, 15) is 8.42 Å². The van der Waals surface area contributed by atoms with Crippen LogP contribution in [0.3, 0.4) is 0 Å². The molecule has 0 amide bonds. The van der Waals surface area contributed by atoms with Crippen molar-refractivity contribution in [2.75, 3.05) is 26.2 Å². The Bertz CT molecular complexity index is 582. The van der Waals surface area contributed by atoms with Crippen molar-refractivity contribution in [1.29, 1.82) is 0 Å². The van der Waals surface area contributed by atoms with Gasteiger partial charge in [0.25, 0.3) is 0 Å². The standard InChI is InChI=1S/C14H20N2O3S/c1-2-10-16(11-12-17)20(18,19)14-8-4-3-6-13(14)7-5-9-15/h3-4,6,8,17H,2,9-12,15H2,1H3. The first kappa shape index (κ1) is 16.7. The molecule has 1 aromatic carbocycles. The molecule has 0 radical (unpaired) electrons. The Labute approximate surface area is 120 Å². The van der Waals surface area contributed by atoms with Gasteiger partial charge >= 0.3 is 0 Å². The van der Waals surface area contributed by atoms with Gasteiger partial charge in [-0.1, -0.05) is 30.9 Å². The lowest BCUT2D eigenvalue weighted by atomic mass is 10.2. The maximum atomic E-state index is 12.6. The van der Waals surface area contributed by atoms with Gasteiger partial charge in [0.05, 0.1) is 18.0 Å². The lowest BCUT2D eigenvalue weighted by Crippen LogP contribution is -2.34. The predicted octanol–water partition coefficient (Wildman–Crippen LogP) is 0.390. The maximum Gasteiger partial charge on any atom is 0.244 e. The van der Waals surface area contributed by atoms with Crippen LogP contribution in [0.25, 0.3) is 0 Å². The summed E-state index contributed by atoms with van der Waals surface area (Å²) in [6, 6.07) is 6.56. The Morgan fingerprint density at radius 2 is 2.00 bits per heavy atom. The summed E-state index contributed by atoms with van der Waals surface area (Å²) < 4.78 is 26.5. The van der Waals surface area contributed by atoms with Crippen molar-refractivity contribution in [1.82, 2.24) is 4.31 Å². The van der Waals surface area contributed by atoms with Crippen LogP contribution in [0.2, 0.25) is 0 Å². The van der Waals surface area contributed by atoms with Crippen LogP contribution in [0.15, 0.2) is 29.2 Å². The average molecular weight is 296 g/mol. The Morgan fingerprint density at radius 1 is 1.30 bits per heavy atom. The van der Waals surface area contributed by atoms with Gasteiger partial charge in [0.15, 0.2) is 0 Å². The van der Waals surface area contributed by atoms with Crippen LogP contribution in [0.4, 0.5) is 0 Å². The highest BCUT2D eigenvalue weighted by Crippen LogP contribution is 2.19. The molecular formula is C14H20N2O3S. The van der Waals surface area contributed by atoms with Crippen LogP contribution in [0.5, 0.6) is 0 Å². The number of benzene rings is 1. The molecule has 5 nitrogen and oxygen atoms in total. The molecule has 0 spiro atoms. The molecule has 20 heavy (non-hydrogen) atoms. The van der Waals surface area contributed by atoms with Crippen LogP contribution < -0.4 is 5.73 Å². The molecule has 0 unspecified atom stereocenters. The number of hydrogen-bond acceptors (Lipinski definition) is 4. The summed E-state index contributed by atoms with van der Waals surface area (Å²) in [4.78, 5) is 0.155. The molecule has 1 aromatic rings. The van der Waals surface area contributed by atoms with Gasteiger partial charge < -0.3 is 10.8 Å². The molecule has 0 atom stereocenters. The molecule has 0 aliphatic rings. The number of aliphatic hydroxyl groups is 1. The summed E-state index contributed by atoms with van der Waals surface area (Å²) in [7, 11) is -3.66. The summed E-state index contributed by atoms with van der Waals surface area (Å²) >= 11 is 0. The van der Waals surface area contributed by atoms with E-state index in [1.807, 2.05) is 6.92 Å². The Kier molecular flexibility index (Phi) is 6.68. The summed E-state index contributed by atoms with van der Waals surface area (Å²) in [5.74, 6) is 5.44. The van der Waals surface area contributed by atoms with E-state index in [1.165, 1.54) is 10.4 Å². The van der Waals surface area contributed by atoms with Gasteiger partial charge in [0.1, 0.15) is 0 Å². The quantitative estimate of drug-likeness (QED) is 0.744. The Morgan fingerprint density at radius 3 is 2.60 bits per heavy atom. The van der Waals surface area contributed by atoms with Gasteiger partial charge in [-0.2, -0.15) is 4.31 Å². The van der Waals surface area contributed by atoms with Gasteiger partial charge in [-0.05, 0) is 18.6 Å². The summed E-state index contributed by atoms with van der Waals surface area (Å²) in [6.45, 7) is 2.29. The maximum absolute atomic E-state index is 12.6. The molecular weight excluding hydrogens is 276 g/mol. The smallest absolute Gasteiger partial charge is 0.244 e. The second kappa shape index (κ2) is 8.02. The number of hydrogen-bond donors (Lipinski definition) is 2. The Balaban J connectivity index is 3.26. The van der Waals surface area contributed by atoms with E-state index in [4.69, 9.17) is 10.8 Å². The molecule has 0 heterocycles. The normalized spacial score (nSPS) is 11.2. The Hall–Kier alpha value is -1.39. The van der Waals surface area contributed by atoms with Crippen LogP contribution in [0.1, 0.15) is 18.9 Å². The van der Waals surface area contributed by atoms with Crippen molar-refractivity contribution < 1.29 is 13.5 Å². The highest BCUT2D eigenvalue weighted by molar-refractivity contribution is 7.89. The summed E-state index contributed by atoms with van der Waals surface area (Å²) in [5.41, 5.74) is 5.75. The monoisotopic (exact) mass is 296 g/mol. The van der Waals surface area contributed by atoms with Gasteiger partial charge in [0, 0.05) is 18.7 Å². The van der Waals surface area contributed by atoms with E-state index in [0.29, 0.717) is 18.5 Å². The van der Waals surface area contributed by atoms with Crippen LogP contribution >= 0.6 is 0 Å². The van der Waals surface area contributed by atoms with E-state index in [2.05, 4.69) is 11.8 Å². The van der Waals surface area contributed by atoms with Crippen molar-refractivity contribution in [3.05, 3.63) is 29.8 Å². The van der Waals surface area contributed by atoms with Crippen molar-refractivity contribution in [2.24, 2.45) is 5.73 Å². The van der Waals surface area contributed by atoms with Crippen LogP contribution in [-0.2, 0) is 10.0 Å². The fourth-order valence-corrected chi connectivity index (χ4v) is 3.46. The van der Waals surface area contributed by atoms with Crippen molar-refractivity contribution in [3.8, 4) is 11.8 Å².